The van der Waals surface area contributed by atoms with Gasteiger partial charge in [0, 0.05) is 45.5 Å². The molecule has 32 heavy (non-hydrogen) atoms. The van der Waals surface area contributed by atoms with Crippen LogP contribution in [0.4, 0.5) is 5.82 Å². The zero-order valence-corrected chi connectivity index (χ0v) is 18.7. The summed E-state index contributed by atoms with van der Waals surface area (Å²) in [6.45, 7) is 3.66. The molecule has 166 valence electrons. The Morgan fingerprint density at radius 3 is 2.72 bits per heavy atom. The number of carbonyl (C=O) groups is 1. The second-order valence-electron chi connectivity index (χ2n) is 8.16. The molecule has 4 aromatic rings. The van der Waals surface area contributed by atoms with Gasteiger partial charge in [0.05, 0.1) is 22.7 Å². The van der Waals surface area contributed by atoms with Gasteiger partial charge in [-0.15, -0.1) is 0 Å². The number of carbonyl (C=O) groups excluding carboxylic acids is 1. The molecule has 1 N–H and O–H groups in total. The first-order valence-electron chi connectivity index (χ1n) is 10.8. The molecule has 0 aliphatic heterocycles. The lowest BCUT2D eigenvalue weighted by molar-refractivity contribution is -0.121. The Bertz CT molecular complexity index is 1320. The lowest BCUT2D eigenvalue weighted by Gasteiger charge is -2.16. The molecule has 1 amide bonds. The van der Waals surface area contributed by atoms with Gasteiger partial charge in [0.25, 0.3) is 5.56 Å². The van der Waals surface area contributed by atoms with Gasteiger partial charge in [-0.1, -0.05) is 24.3 Å². The van der Waals surface area contributed by atoms with Gasteiger partial charge in [-0.05, 0) is 37.1 Å². The van der Waals surface area contributed by atoms with E-state index in [1.165, 1.54) is 5.56 Å². The first-order valence-corrected chi connectivity index (χ1v) is 10.8. The molecule has 0 saturated heterocycles. The van der Waals surface area contributed by atoms with Gasteiger partial charge in [-0.25, -0.2) is 4.98 Å². The fourth-order valence-electron chi connectivity index (χ4n) is 3.81. The average molecular weight is 433 g/mol. The monoisotopic (exact) mass is 432 g/mol. The van der Waals surface area contributed by atoms with E-state index in [0.29, 0.717) is 18.9 Å². The highest BCUT2D eigenvalue weighted by atomic mass is 16.2. The average Bonchev–Trinajstić information content (AvgIpc) is 3.17. The Kier molecular flexibility index (Phi) is 6.20. The standard InChI is InChI=1S/C24H28N6O2/c1-17-9-10-18-16-26-30(21(18)15-17)13-6-12-25-22(31)11-14-29-20-8-5-4-7-19(20)27-23(24(29)32)28(2)3/h4-5,7-10,15-16H,6,11-14H2,1-3H3,(H,25,31). The largest absolute Gasteiger partial charge is 0.358 e. The predicted molar refractivity (Wildman–Crippen MR) is 127 cm³/mol. The second-order valence-corrected chi connectivity index (χ2v) is 8.16. The second kappa shape index (κ2) is 9.21. The Balaban J connectivity index is 1.35. The molecule has 8 heteroatoms. The van der Waals surface area contributed by atoms with E-state index in [4.69, 9.17) is 0 Å². The summed E-state index contributed by atoms with van der Waals surface area (Å²) in [5.74, 6) is 0.288. The third kappa shape index (κ3) is 4.49. The molecule has 0 unspecified atom stereocenters. The summed E-state index contributed by atoms with van der Waals surface area (Å²) in [7, 11) is 3.58. The molecule has 8 nitrogen and oxygen atoms in total. The molecule has 2 heterocycles. The van der Waals surface area contributed by atoms with Crippen LogP contribution in [-0.2, 0) is 17.9 Å². The fraction of sp³-hybridized carbons (Fsp3) is 0.333. The van der Waals surface area contributed by atoms with Crippen LogP contribution in [0.5, 0.6) is 0 Å². The minimum absolute atomic E-state index is 0.0784. The predicted octanol–water partition coefficient (Wildman–Crippen LogP) is 2.72. The van der Waals surface area contributed by atoms with Crippen molar-refractivity contribution in [2.45, 2.75) is 32.9 Å². The maximum Gasteiger partial charge on any atom is 0.293 e. The molecule has 0 aliphatic carbocycles. The maximum absolute atomic E-state index is 12.9. The summed E-state index contributed by atoms with van der Waals surface area (Å²) in [5, 5.41) is 8.52. The number of benzene rings is 2. The molecule has 0 bridgehead atoms. The normalized spacial score (nSPS) is 11.2. The topological polar surface area (TPSA) is 85.0 Å². The molecule has 4 rings (SSSR count). The summed E-state index contributed by atoms with van der Waals surface area (Å²) in [6.07, 6.45) is 2.87. The van der Waals surface area contributed by atoms with Crippen LogP contribution in [0.15, 0.2) is 53.5 Å². The van der Waals surface area contributed by atoms with Gasteiger partial charge in [0.2, 0.25) is 5.91 Å². The number of para-hydroxylation sites is 2. The molecular formula is C24H28N6O2. The third-order valence-corrected chi connectivity index (χ3v) is 5.49. The summed E-state index contributed by atoms with van der Waals surface area (Å²) >= 11 is 0. The first kappa shape index (κ1) is 21.5. The van der Waals surface area contributed by atoms with Crippen molar-refractivity contribution in [3.63, 3.8) is 0 Å². The molecule has 0 radical (unpaired) electrons. The number of nitrogens with zero attached hydrogens (tertiary/aromatic N) is 5. The van der Waals surface area contributed by atoms with E-state index in [1.807, 2.05) is 35.1 Å². The Hall–Kier alpha value is -3.68. The van der Waals surface area contributed by atoms with Gasteiger partial charge < -0.3 is 14.8 Å². The number of amides is 1. The van der Waals surface area contributed by atoms with E-state index in [0.717, 1.165) is 34.9 Å². The van der Waals surface area contributed by atoms with E-state index in [2.05, 4.69) is 40.5 Å². The highest BCUT2D eigenvalue weighted by Crippen LogP contribution is 2.16. The molecule has 0 atom stereocenters. The molecule has 0 fully saturated rings. The van der Waals surface area contributed by atoms with E-state index in [-0.39, 0.29) is 17.9 Å². The van der Waals surface area contributed by atoms with E-state index in [9.17, 15) is 9.59 Å². The van der Waals surface area contributed by atoms with Gasteiger partial charge in [-0.3, -0.25) is 14.3 Å². The molecule has 2 aromatic heterocycles. The van der Waals surface area contributed by atoms with Crippen LogP contribution in [0.25, 0.3) is 21.9 Å². The SMILES string of the molecule is Cc1ccc2cnn(CCCNC(=O)CCn3c(=O)c(N(C)C)nc4ccccc43)c2c1. The van der Waals surface area contributed by atoms with Crippen molar-refractivity contribution in [2.24, 2.45) is 0 Å². The number of aryl methyl sites for hydroxylation is 3. The van der Waals surface area contributed by atoms with Gasteiger partial charge in [0.15, 0.2) is 5.82 Å². The minimum atomic E-state index is -0.192. The number of anilines is 1. The fourth-order valence-corrected chi connectivity index (χ4v) is 3.81. The summed E-state index contributed by atoms with van der Waals surface area (Å²) < 4.78 is 3.61. The van der Waals surface area contributed by atoms with E-state index >= 15 is 0 Å². The third-order valence-electron chi connectivity index (χ3n) is 5.49. The van der Waals surface area contributed by atoms with Gasteiger partial charge in [0.1, 0.15) is 0 Å². The van der Waals surface area contributed by atoms with Crippen LogP contribution < -0.4 is 15.8 Å². The number of fused-ring (bicyclic) bond motifs is 2. The first-order chi connectivity index (χ1) is 15.4. The molecule has 0 spiro atoms. The van der Waals surface area contributed by atoms with Crippen molar-refractivity contribution in [1.82, 2.24) is 24.6 Å². The van der Waals surface area contributed by atoms with Crippen LogP contribution in [0, 0.1) is 6.92 Å². The van der Waals surface area contributed by atoms with Crippen molar-refractivity contribution >= 4 is 33.7 Å². The van der Waals surface area contributed by atoms with Crippen molar-refractivity contribution in [3.8, 4) is 0 Å². The lowest BCUT2D eigenvalue weighted by atomic mass is 10.2. The smallest absolute Gasteiger partial charge is 0.293 e. The maximum atomic E-state index is 12.9. The number of hydrogen-bond acceptors (Lipinski definition) is 5. The number of hydrogen-bond donors (Lipinski definition) is 1. The van der Waals surface area contributed by atoms with Crippen molar-refractivity contribution < 1.29 is 4.79 Å². The number of rotatable bonds is 8. The number of aromatic nitrogens is 4. The Labute approximate surface area is 186 Å². The minimum Gasteiger partial charge on any atom is -0.358 e. The molecular weight excluding hydrogens is 404 g/mol. The number of nitrogens with one attached hydrogen (secondary N) is 1. The highest BCUT2D eigenvalue weighted by molar-refractivity contribution is 5.79. The zero-order chi connectivity index (χ0) is 22.7. The van der Waals surface area contributed by atoms with Crippen LogP contribution in [0.3, 0.4) is 0 Å². The summed E-state index contributed by atoms with van der Waals surface area (Å²) in [6, 6.07) is 13.8. The van der Waals surface area contributed by atoms with Gasteiger partial charge >= 0.3 is 0 Å². The van der Waals surface area contributed by atoms with Crippen LogP contribution in [0.1, 0.15) is 18.4 Å². The Morgan fingerprint density at radius 1 is 1.09 bits per heavy atom. The van der Waals surface area contributed by atoms with Gasteiger partial charge in [-0.2, -0.15) is 5.10 Å². The zero-order valence-electron chi connectivity index (χ0n) is 18.7. The quantitative estimate of drug-likeness (QED) is 0.433. The van der Waals surface area contributed by atoms with Crippen molar-refractivity contribution in [2.75, 3.05) is 25.5 Å². The molecule has 0 aliphatic rings. The van der Waals surface area contributed by atoms with Crippen molar-refractivity contribution in [1.29, 1.82) is 0 Å². The van der Waals surface area contributed by atoms with Crippen LogP contribution in [0.2, 0.25) is 0 Å². The summed E-state index contributed by atoms with van der Waals surface area (Å²) in [5.41, 5.74) is 3.58. The van der Waals surface area contributed by atoms with E-state index < -0.39 is 0 Å². The molecule has 2 aromatic carbocycles. The Morgan fingerprint density at radius 2 is 1.91 bits per heavy atom. The lowest BCUT2D eigenvalue weighted by Crippen LogP contribution is -2.31. The van der Waals surface area contributed by atoms with Crippen LogP contribution in [-0.4, -0.2) is 45.9 Å². The van der Waals surface area contributed by atoms with Crippen molar-refractivity contribution in [3.05, 3.63) is 64.6 Å². The van der Waals surface area contributed by atoms with E-state index in [1.54, 1.807) is 23.6 Å². The van der Waals surface area contributed by atoms with Crippen LogP contribution >= 0.6 is 0 Å². The summed E-state index contributed by atoms with van der Waals surface area (Å²) in [4.78, 5) is 31.5. The molecule has 0 saturated carbocycles. The highest BCUT2D eigenvalue weighted by Gasteiger charge is 2.13.